The van der Waals surface area contributed by atoms with Gasteiger partial charge in [-0.25, -0.2) is 0 Å². The third-order valence-electron chi connectivity index (χ3n) is 1.66. The first-order valence-electron chi connectivity index (χ1n) is 3.33. The number of nitrogens with zero attached hydrogens (tertiary/aromatic N) is 1. The first kappa shape index (κ1) is 8.63. The second-order valence-corrected chi connectivity index (χ2v) is 2.52. The van der Waals surface area contributed by atoms with Gasteiger partial charge in [0.25, 0.3) is 0 Å². The summed E-state index contributed by atoms with van der Waals surface area (Å²) < 4.78 is 0. The fraction of sp³-hybridized carbons (Fsp3) is 0.857. The van der Waals surface area contributed by atoms with Crippen molar-refractivity contribution in [3.05, 3.63) is 0 Å². The van der Waals surface area contributed by atoms with Crippen LogP contribution in [0.3, 0.4) is 0 Å². The van der Waals surface area contributed by atoms with Gasteiger partial charge in [0, 0.05) is 11.8 Å². The molecule has 0 bridgehead atoms. The lowest BCUT2D eigenvalue weighted by Crippen LogP contribution is -2.31. The molecule has 1 N–H and O–H groups in total. The maximum atomic E-state index is 7.43. The Morgan fingerprint density at radius 2 is 2.00 bits per heavy atom. The van der Waals surface area contributed by atoms with Crippen LogP contribution >= 0.6 is 0 Å². The van der Waals surface area contributed by atoms with Crippen LogP contribution in [0.25, 0.3) is 0 Å². The number of nitrogens with one attached hydrogen (secondary N) is 1. The maximum Gasteiger partial charge on any atom is 0.0439 e. The zero-order valence-electron chi connectivity index (χ0n) is 6.73. The largest absolute Gasteiger partial charge is 0.308 e. The summed E-state index contributed by atoms with van der Waals surface area (Å²) in [5.74, 6) is 0. The summed E-state index contributed by atoms with van der Waals surface area (Å²) in [5, 5.41) is 7.43. The zero-order chi connectivity index (χ0) is 7.44. The predicted molar refractivity (Wildman–Crippen MR) is 41.2 cm³/mol. The van der Waals surface area contributed by atoms with Crippen LogP contribution in [0.15, 0.2) is 0 Å². The van der Waals surface area contributed by atoms with Crippen molar-refractivity contribution in [3.63, 3.8) is 0 Å². The smallest absolute Gasteiger partial charge is 0.0439 e. The van der Waals surface area contributed by atoms with Gasteiger partial charge in [-0.15, -0.1) is 0 Å². The zero-order valence-corrected chi connectivity index (χ0v) is 6.73. The minimum Gasteiger partial charge on any atom is -0.308 e. The van der Waals surface area contributed by atoms with Gasteiger partial charge >= 0.3 is 0 Å². The standard InChI is InChI=1S/C7H16N2/c1-5-7(8)6(2)9(3)4/h6,8H,5H2,1-4H3. The molecule has 54 valence electrons. The molecule has 0 heterocycles. The molecule has 0 aromatic carbocycles. The molecule has 2 nitrogen and oxygen atoms in total. The summed E-state index contributed by atoms with van der Waals surface area (Å²) >= 11 is 0. The Morgan fingerprint density at radius 3 is 2.11 bits per heavy atom. The maximum absolute atomic E-state index is 7.43. The van der Waals surface area contributed by atoms with Crippen LogP contribution in [0, 0.1) is 5.41 Å². The fourth-order valence-electron chi connectivity index (χ4n) is 0.607. The van der Waals surface area contributed by atoms with Gasteiger partial charge in [0.2, 0.25) is 0 Å². The molecular formula is C7H16N2. The van der Waals surface area contributed by atoms with Gasteiger partial charge in [0.15, 0.2) is 0 Å². The van der Waals surface area contributed by atoms with Crippen molar-refractivity contribution in [1.29, 1.82) is 5.41 Å². The van der Waals surface area contributed by atoms with Crippen molar-refractivity contribution in [2.45, 2.75) is 26.3 Å². The van der Waals surface area contributed by atoms with Crippen molar-refractivity contribution < 1.29 is 0 Å². The number of hydrogen-bond acceptors (Lipinski definition) is 2. The van der Waals surface area contributed by atoms with Crippen molar-refractivity contribution in [2.24, 2.45) is 0 Å². The van der Waals surface area contributed by atoms with Gasteiger partial charge in [-0.1, -0.05) is 6.92 Å². The molecule has 0 aliphatic carbocycles. The first-order valence-corrected chi connectivity index (χ1v) is 3.33. The van der Waals surface area contributed by atoms with Crippen LogP contribution in [-0.4, -0.2) is 30.7 Å². The van der Waals surface area contributed by atoms with E-state index in [4.69, 9.17) is 5.41 Å². The van der Waals surface area contributed by atoms with Gasteiger partial charge in [0.05, 0.1) is 0 Å². The highest BCUT2D eigenvalue weighted by molar-refractivity contribution is 5.85. The molecule has 0 saturated heterocycles. The lowest BCUT2D eigenvalue weighted by atomic mass is 10.1. The summed E-state index contributed by atoms with van der Waals surface area (Å²) in [6, 6.07) is 0.301. The van der Waals surface area contributed by atoms with E-state index in [2.05, 4.69) is 0 Å². The number of hydrogen-bond donors (Lipinski definition) is 1. The van der Waals surface area contributed by atoms with Gasteiger partial charge in [-0.2, -0.15) is 0 Å². The summed E-state index contributed by atoms with van der Waals surface area (Å²) in [5.41, 5.74) is 0.806. The quantitative estimate of drug-likeness (QED) is 0.571. The highest BCUT2D eigenvalue weighted by Gasteiger charge is 2.07. The molecule has 1 unspecified atom stereocenters. The van der Waals surface area contributed by atoms with Crippen LogP contribution in [0.5, 0.6) is 0 Å². The van der Waals surface area contributed by atoms with Crippen molar-refractivity contribution in [2.75, 3.05) is 14.1 Å². The van der Waals surface area contributed by atoms with E-state index in [1.165, 1.54) is 0 Å². The Labute approximate surface area is 57.4 Å². The molecule has 0 spiro atoms. The van der Waals surface area contributed by atoms with Crippen molar-refractivity contribution >= 4 is 5.71 Å². The van der Waals surface area contributed by atoms with E-state index in [-0.39, 0.29) is 0 Å². The second-order valence-electron chi connectivity index (χ2n) is 2.52. The lowest BCUT2D eigenvalue weighted by Gasteiger charge is -2.19. The lowest BCUT2D eigenvalue weighted by molar-refractivity contribution is 0.378. The van der Waals surface area contributed by atoms with Crippen molar-refractivity contribution in [3.8, 4) is 0 Å². The van der Waals surface area contributed by atoms with Crippen LogP contribution < -0.4 is 0 Å². The van der Waals surface area contributed by atoms with E-state index >= 15 is 0 Å². The van der Waals surface area contributed by atoms with E-state index in [0.717, 1.165) is 12.1 Å². The molecule has 0 aliphatic heterocycles. The van der Waals surface area contributed by atoms with Crippen LogP contribution in [0.1, 0.15) is 20.3 Å². The Balaban J connectivity index is 3.72. The fourth-order valence-corrected chi connectivity index (χ4v) is 0.607. The summed E-state index contributed by atoms with van der Waals surface area (Å²) in [7, 11) is 3.99. The first-order chi connectivity index (χ1) is 4.09. The summed E-state index contributed by atoms with van der Waals surface area (Å²) in [6.45, 7) is 4.06. The minimum atomic E-state index is 0.301. The second kappa shape index (κ2) is 3.62. The number of rotatable bonds is 3. The average molecular weight is 128 g/mol. The molecule has 1 atom stereocenters. The Hall–Kier alpha value is -0.370. The molecule has 0 radical (unpaired) electrons. The van der Waals surface area contributed by atoms with Gasteiger partial charge in [-0.05, 0) is 27.4 Å². The summed E-state index contributed by atoms with van der Waals surface area (Å²) in [6.07, 6.45) is 0.860. The third-order valence-corrected chi connectivity index (χ3v) is 1.66. The van der Waals surface area contributed by atoms with Crippen molar-refractivity contribution in [1.82, 2.24) is 4.90 Å². The topological polar surface area (TPSA) is 27.1 Å². The van der Waals surface area contributed by atoms with E-state index in [9.17, 15) is 0 Å². The molecular weight excluding hydrogens is 112 g/mol. The molecule has 0 fully saturated rings. The molecule has 2 heteroatoms. The van der Waals surface area contributed by atoms with E-state index < -0.39 is 0 Å². The highest BCUT2D eigenvalue weighted by atomic mass is 15.1. The summed E-state index contributed by atoms with van der Waals surface area (Å²) in [4.78, 5) is 2.05. The normalized spacial score (nSPS) is 13.9. The Kier molecular flexibility index (Phi) is 3.47. The third kappa shape index (κ3) is 2.61. The van der Waals surface area contributed by atoms with Crippen LogP contribution in [-0.2, 0) is 0 Å². The minimum absolute atomic E-state index is 0.301. The van der Waals surface area contributed by atoms with E-state index in [1.807, 2.05) is 32.8 Å². The predicted octanol–water partition coefficient (Wildman–Crippen LogP) is 1.37. The highest BCUT2D eigenvalue weighted by Crippen LogP contribution is 1.96. The van der Waals surface area contributed by atoms with E-state index in [0.29, 0.717) is 6.04 Å². The molecule has 0 aromatic heterocycles. The average Bonchev–Trinajstić information content (AvgIpc) is 1.84. The monoisotopic (exact) mass is 128 g/mol. The van der Waals surface area contributed by atoms with Gasteiger partial charge < -0.3 is 10.3 Å². The molecule has 9 heavy (non-hydrogen) atoms. The Bertz CT molecular complexity index is 97.1. The molecule has 0 rings (SSSR count). The van der Waals surface area contributed by atoms with Crippen LogP contribution in [0.4, 0.5) is 0 Å². The molecule has 0 amide bonds. The SMILES string of the molecule is CCC(=N)C(C)N(C)C. The van der Waals surface area contributed by atoms with E-state index in [1.54, 1.807) is 0 Å². The van der Waals surface area contributed by atoms with Gasteiger partial charge in [-0.3, -0.25) is 0 Å². The molecule has 0 saturated carbocycles. The Morgan fingerprint density at radius 1 is 1.56 bits per heavy atom. The van der Waals surface area contributed by atoms with Gasteiger partial charge in [0.1, 0.15) is 0 Å². The molecule has 0 aromatic rings. The molecule has 0 aliphatic rings. The van der Waals surface area contributed by atoms with Crippen LogP contribution in [0.2, 0.25) is 0 Å².